The van der Waals surface area contributed by atoms with Crippen LogP contribution >= 0.6 is 0 Å². The molecule has 1 aromatic rings. The van der Waals surface area contributed by atoms with Crippen LogP contribution in [0.4, 0.5) is 0 Å². The largest absolute Gasteiger partial charge is 0.452 e. The van der Waals surface area contributed by atoms with Gasteiger partial charge in [-0.25, -0.2) is 8.42 Å². The number of nitrogens with zero attached hydrogens (tertiary/aromatic N) is 2. The number of carbonyl (C=O) groups excluding carboxylic acids is 2. The van der Waals surface area contributed by atoms with Crippen molar-refractivity contribution in [3.63, 3.8) is 0 Å². The number of hydrogen-bond donors (Lipinski definition) is 0. The minimum Gasteiger partial charge on any atom is -0.452 e. The van der Waals surface area contributed by atoms with Crippen LogP contribution < -0.4 is 0 Å². The van der Waals surface area contributed by atoms with Crippen molar-refractivity contribution < 1.29 is 22.7 Å². The van der Waals surface area contributed by atoms with E-state index in [2.05, 4.69) is 20.8 Å². The van der Waals surface area contributed by atoms with Crippen molar-refractivity contribution in [2.75, 3.05) is 26.2 Å². The molecule has 33 heavy (non-hydrogen) atoms. The molecule has 2 heterocycles. The zero-order chi connectivity index (χ0) is 24.2. The summed E-state index contributed by atoms with van der Waals surface area (Å²) in [6.45, 7) is 9.84. The highest BCUT2D eigenvalue weighted by Gasteiger charge is 2.34. The number of sulfonamides is 1. The Balaban J connectivity index is 1.54. The summed E-state index contributed by atoms with van der Waals surface area (Å²) in [5, 5.41) is 0. The summed E-state index contributed by atoms with van der Waals surface area (Å²) in [5.74, 6) is -0.930. The van der Waals surface area contributed by atoms with Gasteiger partial charge < -0.3 is 9.64 Å². The van der Waals surface area contributed by atoms with E-state index in [1.54, 1.807) is 24.0 Å². The Kier molecular flexibility index (Phi) is 8.22. The monoisotopic (exact) mass is 478 g/mol. The lowest BCUT2D eigenvalue weighted by atomic mass is 9.87. The van der Waals surface area contributed by atoms with E-state index in [0.717, 1.165) is 31.2 Å². The first-order chi connectivity index (χ1) is 15.5. The van der Waals surface area contributed by atoms with Crippen molar-refractivity contribution in [1.82, 2.24) is 9.21 Å². The maximum Gasteiger partial charge on any atom is 0.309 e. The first-order valence-corrected chi connectivity index (χ1v) is 13.5. The Morgan fingerprint density at radius 3 is 2.00 bits per heavy atom. The Bertz CT molecular complexity index is 921. The quantitative estimate of drug-likeness (QED) is 0.602. The summed E-state index contributed by atoms with van der Waals surface area (Å²) in [6.07, 6.45) is 4.20. The zero-order valence-corrected chi connectivity index (χ0v) is 21.2. The van der Waals surface area contributed by atoms with Crippen LogP contribution in [0, 0.1) is 5.92 Å². The molecule has 2 aliphatic rings. The molecule has 0 saturated carbocycles. The van der Waals surface area contributed by atoms with Crippen LogP contribution in [0.2, 0.25) is 0 Å². The molecule has 7 nitrogen and oxygen atoms in total. The van der Waals surface area contributed by atoms with E-state index < -0.39 is 22.1 Å². The standard InChI is InChI=1S/C25H38N2O5S/c1-19(23(28)26-15-7-5-6-8-16-26)32-24(29)20-13-17-27(18-14-20)33(30,31)22-11-9-21(10-12-22)25(2,3)4/h9-12,19-20H,5-8,13-18H2,1-4H3/t19-/m1/s1. The molecule has 2 fully saturated rings. The van der Waals surface area contributed by atoms with Crippen molar-refractivity contribution in [2.45, 2.75) is 82.6 Å². The number of piperidine rings is 1. The van der Waals surface area contributed by atoms with E-state index in [-0.39, 0.29) is 35.2 Å². The SMILES string of the molecule is C[C@@H](OC(=O)C1CCN(S(=O)(=O)c2ccc(C(C)(C)C)cc2)CC1)C(=O)N1CCCCCC1. The molecule has 0 aliphatic carbocycles. The van der Waals surface area contributed by atoms with Gasteiger partial charge in [0.15, 0.2) is 6.10 Å². The highest BCUT2D eigenvalue weighted by atomic mass is 32.2. The maximum atomic E-state index is 13.1. The summed E-state index contributed by atoms with van der Waals surface area (Å²) in [4.78, 5) is 27.4. The third-order valence-electron chi connectivity index (χ3n) is 6.70. The summed E-state index contributed by atoms with van der Waals surface area (Å²) in [7, 11) is -3.61. The molecule has 0 N–H and O–H groups in total. The summed E-state index contributed by atoms with van der Waals surface area (Å²) in [5.41, 5.74) is 1.03. The molecule has 0 aromatic heterocycles. The van der Waals surface area contributed by atoms with Gasteiger partial charge in [-0.2, -0.15) is 4.31 Å². The van der Waals surface area contributed by atoms with Crippen molar-refractivity contribution >= 4 is 21.9 Å². The minimum absolute atomic E-state index is 0.0489. The zero-order valence-electron chi connectivity index (χ0n) is 20.4. The first-order valence-electron chi connectivity index (χ1n) is 12.1. The lowest BCUT2D eigenvalue weighted by molar-refractivity contribution is -0.163. The molecule has 8 heteroatoms. The fourth-order valence-electron chi connectivity index (χ4n) is 4.48. The molecule has 2 aliphatic heterocycles. The second kappa shape index (κ2) is 10.6. The van der Waals surface area contributed by atoms with Gasteiger partial charge in [0.05, 0.1) is 10.8 Å². The van der Waals surface area contributed by atoms with Gasteiger partial charge >= 0.3 is 5.97 Å². The Morgan fingerprint density at radius 2 is 1.48 bits per heavy atom. The number of rotatable bonds is 5. The normalized spacial score (nSPS) is 20.2. The van der Waals surface area contributed by atoms with Crippen LogP contribution in [0.15, 0.2) is 29.2 Å². The van der Waals surface area contributed by atoms with Crippen LogP contribution in [-0.4, -0.2) is 61.8 Å². The molecule has 2 saturated heterocycles. The van der Waals surface area contributed by atoms with Gasteiger partial charge in [-0.1, -0.05) is 45.7 Å². The Labute approximate surface area is 198 Å². The summed E-state index contributed by atoms with van der Waals surface area (Å²) in [6, 6.07) is 7.04. The Morgan fingerprint density at radius 1 is 0.939 bits per heavy atom. The molecule has 1 aromatic carbocycles. The van der Waals surface area contributed by atoms with Crippen LogP contribution in [0.3, 0.4) is 0 Å². The van der Waals surface area contributed by atoms with Gasteiger partial charge in [0, 0.05) is 26.2 Å². The molecule has 1 amide bonds. The molecule has 0 radical (unpaired) electrons. The third kappa shape index (κ3) is 6.35. The first kappa shape index (κ1) is 25.7. The second-order valence-corrected chi connectivity index (χ2v) is 12.2. The minimum atomic E-state index is -3.61. The van der Waals surface area contributed by atoms with Crippen molar-refractivity contribution in [2.24, 2.45) is 5.92 Å². The van der Waals surface area contributed by atoms with Crippen LogP contribution in [0.1, 0.15) is 71.8 Å². The number of esters is 1. The number of ether oxygens (including phenoxy) is 1. The van der Waals surface area contributed by atoms with Crippen LogP contribution in [0.25, 0.3) is 0 Å². The van der Waals surface area contributed by atoms with Gasteiger partial charge in [-0.05, 0) is 55.7 Å². The topological polar surface area (TPSA) is 84.0 Å². The van der Waals surface area contributed by atoms with Gasteiger partial charge in [0.1, 0.15) is 0 Å². The molecule has 3 rings (SSSR count). The van der Waals surface area contributed by atoms with E-state index in [0.29, 0.717) is 25.9 Å². The predicted octanol–water partition coefficient (Wildman–Crippen LogP) is 3.72. The van der Waals surface area contributed by atoms with E-state index in [9.17, 15) is 18.0 Å². The number of hydrogen-bond acceptors (Lipinski definition) is 5. The van der Waals surface area contributed by atoms with Crippen molar-refractivity contribution in [1.29, 1.82) is 0 Å². The molecular formula is C25H38N2O5S. The van der Waals surface area contributed by atoms with Gasteiger partial charge in [0.2, 0.25) is 10.0 Å². The summed E-state index contributed by atoms with van der Waals surface area (Å²) < 4.78 is 33.0. The van der Waals surface area contributed by atoms with Crippen LogP contribution in [-0.2, 0) is 29.8 Å². The molecule has 1 atom stereocenters. The molecule has 0 spiro atoms. The second-order valence-electron chi connectivity index (χ2n) is 10.3. The van der Waals surface area contributed by atoms with Gasteiger partial charge in [-0.15, -0.1) is 0 Å². The highest BCUT2D eigenvalue weighted by molar-refractivity contribution is 7.89. The number of carbonyl (C=O) groups is 2. The summed E-state index contributed by atoms with van der Waals surface area (Å²) >= 11 is 0. The predicted molar refractivity (Wildman–Crippen MR) is 127 cm³/mol. The smallest absolute Gasteiger partial charge is 0.309 e. The lowest BCUT2D eigenvalue weighted by Gasteiger charge is -2.31. The third-order valence-corrected chi connectivity index (χ3v) is 8.62. The molecule has 184 valence electrons. The van der Waals surface area contributed by atoms with E-state index >= 15 is 0 Å². The molecule has 0 bridgehead atoms. The fraction of sp³-hybridized carbons (Fsp3) is 0.680. The Hall–Kier alpha value is -1.93. The van der Waals surface area contributed by atoms with Crippen molar-refractivity contribution in [3.05, 3.63) is 29.8 Å². The highest BCUT2D eigenvalue weighted by Crippen LogP contribution is 2.28. The average Bonchev–Trinajstić information content (AvgIpc) is 3.07. The van der Waals surface area contributed by atoms with E-state index in [1.165, 1.54) is 4.31 Å². The number of likely N-dealkylation sites (tertiary alicyclic amines) is 1. The lowest BCUT2D eigenvalue weighted by Crippen LogP contribution is -2.43. The van der Waals surface area contributed by atoms with E-state index in [4.69, 9.17) is 4.74 Å². The molecule has 0 unspecified atom stereocenters. The average molecular weight is 479 g/mol. The maximum absolute atomic E-state index is 13.1. The van der Waals surface area contributed by atoms with Gasteiger partial charge in [-0.3, -0.25) is 9.59 Å². The van der Waals surface area contributed by atoms with Crippen molar-refractivity contribution in [3.8, 4) is 0 Å². The number of benzene rings is 1. The van der Waals surface area contributed by atoms with E-state index in [1.807, 2.05) is 12.1 Å². The number of amides is 1. The van der Waals surface area contributed by atoms with Gasteiger partial charge in [0.25, 0.3) is 5.91 Å². The fourth-order valence-corrected chi connectivity index (χ4v) is 5.95. The molecular weight excluding hydrogens is 440 g/mol. The van der Waals surface area contributed by atoms with Crippen LogP contribution in [0.5, 0.6) is 0 Å².